The van der Waals surface area contributed by atoms with Gasteiger partial charge in [-0.1, -0.05) is 41.4 Å². The number of aromatic amines is 1. The molecule has 1 saturated heterocycles. The molecular formula is C20H14Cl2N2O3. The van der Waals surface area contributed by atoms with Crippen molar-refractivity contribution in [3.8, 4) is 0 Å². The molecule has 4 rings (SSSR count). The number of carbonyl (C=O) groups is 2. The largest absolute Gasteiger partial charge is 0.477 e. The molecule has 5 nitrogen and oxygen atoms in total. The smallest absolute Gasteiger partial charge is 0.352 e. The number of hydrogen-bond acceptors (Lipinski definition) is 2. The van der Waals surface area contributed by atoms with Crippen molar-refractivity contribution in [3.63, 3.8) is 0 Å². The van der Waals surface area contributed by atoms with Crippen LogP contribution < -0.4 is 4.90 Å². The summed E-state index contributed by atoms with van der Waals surface area (Å²) >= 11 is 12.3. The number of rotatable bonds is 3. The third-order valence-electron chi connectivity index (χ3n) is 4.58. The molecule has 0 aliphatic carbocycles. The molecule has 7 heteroatoms. The predicted molar refractivity (Wildman–Crippen MR) is 107 cm³/mol. The van der Waals surface area contributed by atoms with Crippen LogP contribution in [0.15, 0.2) is 48.0 Å². The van der Waals surface area contributed by atoms with Crippen LogP contribution >= 0.6 is 23.2 Å². The lowest BCUT2D eigenvalue weighted by molar-refractivity contribution is -0.114. The molecule has 27 heavy (non-hydrogen) atoms. The van der Waals surface area contributed by atoms with Gasteiger partial charge in [-0.15, -0.1) is 0 Å². The van der Waals surface area contributed by atoms with Gasteiger partial charge in [0, 0.05) is 39.3 Å². The summed E-state index contributed by atoms with van der Waals surface area (Å²) in [7, 11) is 0. The van der Waals surface area contributed by atoms with Gasteiger partial charge in [0.25, 0.3) is 5.91 Å². The van der Waals surface area contributed by atoms with Gasteiger partial charge in [0.05, 0.1) is 5.02 Å². The highest BCUT2D eigenvalue weighted by molar-refractivity contribution is 6.39. The topological polar surface area (TPSA) is 73.4 Å². The Morgan fingerprint density at radius 2 is 1.93 bits per heavy atom. The summed E-state index contributed by atoms with van der Waals surface area (Å²) in [5.41, 5.74) is 2.23. The first-order valence-electron chi connectivity index (χ1n) is 8.27. The summed E-state index contributed by atoms with van der Waals surface area (Å²) in [6.45, 7) is 0.541. The Labute approximate surface area is 164 Å². The van der Waals surface area contributed by atoms with E-state index in [0.717, 1.165) is 5.69 Å². The molecule has 3 aromatic rings. The van der Waals surface area contributed by atoms with Crippen molar-refractivity contribution in [3.05, 3.63) is 69.3 Å². The Hall–Kier alpha value is -2.76. The van der Waals surface area contributed by atoms with Crippen LogP contribution in [-0.4, -0.2) is 28.5 Å². The lowest BCUT2D eigenvalue weighted by atomic mass is 10.1. The van der Waals surface area contributed by atoms with Gasteiger partial charge < -0.3 is 15.0 Å². The molecule has 0 spiro atoms. The lowest BCUT2D eigenvalue weighted by Gasteiger charge is -2.14. The van der Waals surface area contributed by atoms with Crippen molar-refractivity contribution >= 4 is 57.7 Å². The minimum atomic E-state index is -1.13. The average molecular weight is 401 g/mol. The summed E-state index contributed by atoms with van der Waals surface area (Å²) in [6, 6.07) is 12.5. The molecule has 2 aromatic carbocycles. The van der Waals surface area contributed by atoms with Crippen molar-refractivity contribution in [1.29, 1.82) is 0 Å². The van der Waals surface area contributed by atoms with Crippen molar-refractivity contribution in [2.24, 2.45) is 0 Å². The minimum Gasteiger partial charge on any atom is -0.477 e. The molecule has 1 aliphatic rings. The van der Waals surface area contributed by atoms with E-state index in [-0.39, 0.29) is 11.6 Å². The van der Waals surface area contributed by atoms with Gasteiger partial charge in [0.15, 0.2) is 0 Å². The van der Waals surface area contributed by atoms with Crippen LogP contribution in [0, 0.1) is 0 Å². The van der Waals surface area contributed by atoms with Gasteiger partial charge >= 0.3 is 5.97 Å². The first-order valence-corrected chi connectivity index (χ1v) is 9.03. The van der Waals surface area contributed by atoms with Crippen LogP contribution in [0.25, 0.3) is 17.0 Å². The highest BCUT2D eigenvalue weighted by Gasteiger charge is 2.28. The second-order valence-electron chi connectivity index (χ2n) is 6.24. The fourth-order valence-electron chi connectivity index (χ4n) is 3.36. The van der Waals surface area contributed by atoms with E-state index in [1.807, 2.05) is 30.3 Å². The summed E-state index contributed by atoms with van der Waals surface area (Å²) in [4.78, 5) is 29.1. The number of halogens is 2. The van der Waals surface area contributed by atoms with Gasteiger partial charge in [0.2, 0.25) is 0 Å². The van der Waals surface area contributed by atoms with Crippen molar-refractivity contribution in [2.75, 3.05) is 11.4 Å². The van der Waals surface area contributed by atoms with E-state index in [1.54, 1.807) is 23.1 Å². The van der Waals surface area contributed by atoms with E-state index < -0.39 is 5.97 Å². The monoisotopic (exact) mass is 400 g/mol. The van der Waals surface area contributed by atoms with Gasteiger partial charge in [-0.25, -0.2) is 4.79 Å². The summed E-state index contributed by atoms with van der Waals surface area (Å²) in [5, 5.41) is 10.8. The normalized spacial score (nSPS) is 15.9. The van der Waals surface area contributed by atoms with Gasteiger partial charge in [-0.2, -0.15) is 0 Å². The van der Waals surface area contributed by atoms with Crippen molar-refractivity contribution in [1.82, 2.24) is 4.98 Å². The van der Waals surface area contributed by atoms with Crippen LogP contribution in [0.5, 0.6) is 0 Å². The average Bonchev–Trinajstić information content (AvgIpc) is 3.17. The summed E-state index contributed by atoms with van der Waals surface area (Å²) < 4.78 is 0. The number of hydrogen-bond donors (Lipinski definition) is 2. The molecule has 1 aromatic heterocycles. The number of aromatic nitrogens is 1. The zero-order chi connectivity index (χ0) is 19.1. The first-order chi connectivity index (χ1) is 13.0. The molecule has 1 aliphatic heterocycles. The second-order valence-corrected chi connectivity index (χ2v) is 7.08. The molecule has 0 bridgehead atoms. The maximum Gasteiger partial charge on any atom is 0.352 e. The highest BCUT2D eigenvalue weighted by Crippen LogP contribution is 2.35. The van der Waals surface area contributed by atoms with Crippen molar-refractivity contribution in [2.45, 2.75) is 6.42 Å². The Balaban J connectivity index is 1.82. The van der Waals surface area contributed by atoms with E-state index in [9.17, 15) is 14.7 Å². The Morgan fingerprint density at radius 1 is 1.19 bits per heavy atom. The lowest BCUT2D eigenvalue weighted by Crippen LogP contribution is -2.24. The van der Waals surface area contributed by atoms with E-state index in [4.69, 9.17) is 23.2 Å². The Kier molecular flexibility index (Phi) is 4.42. The van der Waals surface area contributed by atoms with E-state index in [0.29, 0.717) is 45.1 Å². The maximum atomic E-state index is 12.8. The minimum absolute atomic E-state index is 0.0207. The Morgan fingerprint density at radius 3 is 2.63 bits per heavy atom. The van der Waals surface area contributed by atoms with Crippen LogP contribution in [0.2, 0.25) is 10.0 Å². The van der Waals surface area contributed by atoms with Crippen molar-refractivity contribution < 1.29 is 14.7 Å². The second kappa shape index (κ2) is 6.76. The first kappa shape index (κ1) is 17.6. The number of carbonyl (C=O) groups excluding carboxylic acids is 1. The number of amides is 1. The van der Waals surface area contributed by atoms with Gasteiger partial charge in [-0.3, -0.25) is 4.79 Å². The number of H-pyrrole nitrogens is 1. The van der Waals surface area contributed by atoms with Gasteiger partial charge in [0.1, 0.15) is 5.69 Å². The number of nitrogens with zero attached hydrogens (tertiary/aromatic N) is 1. The SMILES string of the molecule is O=C(O)c1[nH]c2cc(Cl)cc(Cl)c2c1C=C1CCN(c2ccccc2)C1=O. The Bertz CT molecular complexity index is 1100. The number of anilines is 1. The molecule has 0 radical (unpaired) electrons. The molecule has 0 unspecified atom stereocenters. The third-order valence-corrected chi connectivity index (χ3v) is 5.09. The number of aromatic carboxylic acids is 1. The summed E-state index contributed by atoms with van der Waals surface area (Å²) in [6.07, 6.45) is 2.14. The predicted octanol–water partition coefficient (Wildman–Crippen LogP) is 4.99. The maximum absolute atomic E-state index is 12.8. The van der Waals surface area contributed by atoms with E-state index in [1.165, 1.54) is 0 Å². The van der Waals surface area contributed by atoms with E-state index in [2.05, 4.69) is 4.98 Å². The molecular weight excluding hydrogens is 387 g/mol. The van der Waals surface area contributed by atoms with Crippen LogP contribution in [0.4, 0.5) is 5.69 Å². The molecule has 1 fully saturated rings. The standard InChI is InChI=1S/C20H14Cl2N2O3/c21-12-9-15(22)17-14(18(20(26)27)23-16(17)10-12)8-11-6-7-24(19(11)25)13-4-2-1-3-5-13/h1-5,8-10,23H,6-7H2,(H,26,27). The number of para-hydroxylation sites is 1. The molecule has 1 amide bonds. The highest BCUT2D eigenvalue weighted by atomic mass is 35.5. The molecule has 136 valence electrons. The molecule has 2 heterocycles. The molecule has 0 saturated carbocycles. The molecule has 0 atom stereocenters. The van der Waals surface area contributed by atoms with E-state index >= 15 is 0 Å². The number of benzene rings is 2. The van der Waals surface area contributed by atoms with Crippen LogP contribution in [0.1, 0.15) is 22.5 Å². The van der Waals surface area contributed by atoms with Crippen LogP contribution in [-0.2, 0) is 4.79 Å². The van der Waals surface area contributed by atoms with Crippen LogP contribution in [0.3, 0.4) is 0 Å². The third kappa shape index (κ3) is 3.09. The number of carboxylic acids is 1. The number of fused-ring (bicyclic) bond motifs is 1. The zero-order valence-corrected chi connectivity index (χ0v) is 15.5. The van der Waals surface area contributed by atoms with Gasteiger partial charge in [-0.05, 0) is 36.8 Å². The molecule has 2 N–H and O–H groups in total. The fraction of sp³-hybridized carbons (Fsp3) is 0.100. The summed E-state index contributed by atoms with van der Waals surface area (Å²) in [5.74, 6) is -1.27. The fourth-order valence-corrected chi connectivity index (χ4v) is 3.96. The number of nitrogens with one attached hydrogen (secondary N) is 1. The zero-order valence-electron chi connectivity index (χ0n) is 14.0. The number of carboxylic acid groups (broad SMARTS) is 1. The quantitative estimate of drug-likeness (QED) is 0.607.